The summed E-state index contributed by atoms with van der Waals surface area (Å²) in [6.07, 6.45) is 2.89. The summed E-state index contributed by atoms with van der Waals surface area (Å²) >= 11 is 1.50. The molecule has 1 aliphatic rings. The molecule has 1 N–H and O–H groups in total. The lowest BCUT2D eigenvalue weighted by molar-refractivity contribution is -0.112. The molecule has 0 fully saturated rings. The largest absolute Gasteiger partial charge is 0.494 e. The van der Waals surface area contributed by atoms with Crippen molar-refractivity contribution in [2.45, 2.75) is 18.2 Å². The van der Waals surface area contributed by atoms with E-state index in [1.165, 1.54) is 11.8 Å². The zero-order chi connectivity index (χ0) is 15.4. The van der Waals surface area contributed by atoms with Gasteiger partial charge in [0.05, 0.1) is 17.2 Å². The maximum Gasteiger partial charge on any atom is 0.262 e. The summed E-state index contributed by atoms with van der Waals surface area (Å²) in [5.41, 5.74) is 1.86. The lowest BCUT2D eigenvalue weighted by Crippen LogP contribution is -2.17. The van der Waals surface area contributed by atoms with E-state index in [-0.39, 0.29) is 5.91 Å². The molecule has 4 heteroatoms. The number of benzene rings is 2. The van der Waals surface area contributed by atoms with Crippen molar-refractivity contribution in [3.8, 4) is 5.75 Å². The molecule has 2 aromatic carbocycles. The van der Waals surface area contributed by atoms with Gasteiger partial charge in [0.2, 0.25) is 0 Å². The molecule has 2 aromatic rings. The van der Waals surface area contributed by atoms with Crippen LogP contribution in [0.5, 0.6) is 5.75 Å². The Hall–Kier alpha value is -2.20. The minimum atomic E-state index is -0.0602. The fraction of sp³-hybridized carbons (Fsp3) is 0.167. The molecule has 0 saturated carbocycles. The van der Waals surface area contributed by atoms with Gasteiger partial charge in [-0.1, -0.05) is 43.0 Å². The monoisotopic (exact) mass is 311 g/mol. The molecule has 0 radical (unpaired) electrons. The fourth-order valence-electron chi connectivity index (χ4n) is 2.13. The van der Waals surface area contributed by atoms with Crippen LogP contribution in [0, 0.1) is 0 Å². The molecule has 0 unspecified atom stereocenters. The predicted molar refractivity (Wildman–Crippen MR) is 91.1 cm³/mol. The molecule has 0 saturated heterocycles. The van der Waals surface area contributed by atoms with Crippen LogP contribution in [-0.2, 0) is 4.79 Å². The highest BCUT2D eigenvalue weighted by Gasteiger charge is 2.20. The first-order chi connectivity index (χ1) is 10.8. The zero-order valence-electron chi connectivity index (χ0n) is 12.3. The van der Waals surface area contributed by atoms with Crippen LogP contribution >= 0.6 is 11.8 Å². The Labute approximate surface area is 134 Å². The van der Waals surface area contributed by atoms with Gasteiger partial charge < -0.3 is 10.1 Å². The van der Waals surface area contributed by atoms with Crippen molar-refractivity contribution in [1.82, 2.24) is 0 Å². The fourth-order valence-corrected chi connectivity index (χ4v) is 3.09. The van der Waals surface area contributed by atoms with Gasteiger partial charge in [-0.05, 0) is 42.3 Å². The van der Waals surface area contributed by atoms with Crippen LogP contribution in [-0.4, -0.2) is 12.5 Å². The minimum Gasteiger partial charge on any atom is -0.494 e. The Morgan fingerprint density at radius 2 is 1.91 bits per heavy atom. The van der Waals surface area contributed by atoms with E-state index in [4.69, 9.17) is 4.74 Å². The van der Waals surface area contributed by atoms with Gasteiger partial charge in [-0.2, -0.15) is 0 Å². The summed E-state index contributed by atoms with van der Waals surface area (Å²) in [6, 6.07) is 15.6. The van der Waals surface area contributed by atoms with Gasteiger partial charge in [0.15, 0.2) is 0 Å². The third-order valence-electron chi connectivity index (χ3n) is 3.23. The smallest absolute Gasteiger partial charge is 0.262 e. The standard InChI is InChI=1S/C18H17NO2S/c1-2-11-21-14-9-7-13(8-10-14)12-17-18(20)19-15-5-3-4-6-16(15)22-17/h3-10,12H,2,11H2,1H3,(H,19,20)/b17-12+. The molecule has 3 rings (SSSR count). The van der Waals surface area contributed by atoms with Gasteiger partial charge in [0.25, 0.3) is 5.91 Å². The van der Waals surface area contributed by atoms with Crippen LogP contribution in [0.25, 0.3) is 6.08 Å². The van der Waals surface area contributed by atoms with Gasteiger partial charge in [0.1, 0.15) is 5.75 Å². The number of anilines is 1. The second kappa shape index (κ2) is 6.71. The zero-order valence-corrected chi connectivity index (χ0v) is 13.2. The van der Waals surface area contributed by atoms with Crippen LogP contribution in [0.15, 0.2) is 58.3 Å². The summed E-state index contributed by atoms with van der Waals surface area (Å²) in [5, 5.41) is 2.92. The van der Waals surface area contributed by atoms with Gasteiger partial charge >= 0.3 is 0 Å². The van der Waals surface area contributed by atoms with E-state index < -0.39 is 0 Å². The van der Waals surface area contributed by atoms with E-state index in [0.29, 0.717) is 4.91 Å². The molecular formula is C18H17NO2S. The first-order valence-corrected chi connectivity index (χ1v) is 8.10. The summed E-state index contributed by atoms with van der Waals surface area (Å²) in [5.74, 6) is 0.796. The van der Waals surface area contributed by atoms with E-state index in [9.17, 15) is 4.79 Å². The molecule has 1 amide bonds. The Balaban J connectivity index is 1.79. The first-order valence-electron chi connectivity index (χ1n) is 7.29. The highest BCUT2D eigenvalue weighted by molar-refractivity contribution is 8.04. The minimum absolute atomic E-state index is 0.0602. The van der Waals surface area contributed by atoms with E-state index in [1.807, 2.05) is 54.6 Å². The molecule has 0 aliphatic carbocycles. The molecule has 0 aromatic heterocycles. The lowest BCUT2D eigenvalue weighted by Gasteiger charge is -2.18. The Morgan fingerprint density at radius 1 is 1.14 bits per heavy atom. The third kappa shape index (κ3) is 3.34. The SMILES string of the molecule is CCCOc1ccc(/C=C2/Sc3ccccc3NC2=O)cc1. The number of fused-ring (bicyclic) bond motifs is 1. The number of para-hydroxylation sites is 1. The first kappa shape index (κ1) is 14.7. The third-order valence-corrected chi connectivity index (χ3v) is 4.33. The average Bonchev–Trinajstić information content (AvgIpc) is 2.55. The Morgan fingerprint density at radius 3 is 2.68 bits per heavy atom. The van der Waals surface area contributed by atoms with E-state index in [0.717, 1.165) is 34.9 Å². The van der Waals surface area contributed by atoms with E-state index in [1.54, 1.807) is 0 Å². The van der Waals surface area contributed by atoms with Gasteiger partial charge in [-0.3, -0.25) is 4.79 Å². The quantitative estimate of drug-likeness (QED) is 0.841. The van der Waals surface area contributed by atoms with E-state index >= 15 is 0 Å². The number of amides is 1. The number of nitrogens with one attached hydrogen (secondary N) is 1. The molecule has 3 nitrogen and oxygen atoms in total. The number of hydrogen-bond acceptors (Lipinski definition) is 3. The molecule has 0 atom stereocenters. The van der Waals surface area contributed by atoms with Gasteiger partial charge in [0, 0.05) is 4.90 Å². The number of rotatable bonds is 4. The number of ether oxygens (including phenoxy) is 1. The van der Waals surface area contributed by atoms with Gasteiger partial charge in [-0.15, -0.1) is 0 Å². The van der Waals surface area contributed by atoms with Gasteiger partial charge in [-0.25, -0.2) is 0 Å². The van der Waals surface area contributed by atoms with Crippen molar-refractivity contribution < 1.29 is 9.53 Å². The maximum atomic E-state index is 12.1. The number of thioether (sulfide) groups is 1. The highest BCUT2D eigenvalue weighted by atomic mass is 32.2. The molecule has 22 heavy (non-hydrogen) atoms. The van der Waals surface area contributed by atoms with Crippen LogP contribution in [0.3, 0.4) is 0 Å². The molecule has 0 bridgehead atoms. The summed E-state index contributed by atoms with van der Waals surface area (Å²) in [4.78, 5) is 13.9. The second-order valence-corrected chi connectivity index (χ2v) is 6.06. The van der Waals surface area contributed by atoms with Crippen molar-refractivity contribution in [3.63, 3.8) is 0 Å². The molecular weight excluding hydrogens is 294 g/mol. The van der Waals surface area contributed by atoms with Crippen molar-refractivity contribution in [3.05, 3.63) is 59.0 Å². The summed E-state index contributed by atoms with van der Waals surface area (Å²) in [6.45, 7) is 2.80. The number of carbonyl (C=O) groups excluding carboxylic acids is 1. The normalized spacial score (nSPS) is 15.3. The maximum absolute atomic E-state index is 12.1. The average molecular weight is 311 g/mol. The predicted octanol–water partition coefficient (Wildman–Crippen LogP) is 4.56. The number of hydrogen-bond donors (Lipinski definition) is 1. The highest BCUT2D eigenvalue weighted by Crippen LogP contribution is 2.38. The molecule has 1 aliphatic heterocycles. The summed E-state index contributed by atoms with van der Waals surface area (Å²) in [7, 11) is 0. The Kier molecular flexibility index (Phi) is 4.49. The lowest BCUT2D eigenvalue weighted by atomic mass is 10.2. The van der Waals surface area contributed by atoms with Crippen LogP contribution < -0.4 is 10.1 Å². The van der Waals surface area contributed by atoms with Crippen LogP contribution in [0.1, 0.15) is 18.9 Å². The van der Waals surface area contributed by atoms with Crippen molar-refractivity contribution in [2.75, 3.05) is 11.9 Å². The molecule has 1 heterocycles. The Bertz CT molecular complexity index is 707. The van der Waals surface area contributed by atoms with Crippen molar-refractivity contribution in [1.29, 1.82) is 0 Å². The number of carbonyl (C=O) groups is 1. The topological polar surface area (TPSA) is 38.3 Å². The van der Waals surface area contributed by atoms with Crippen molar-refractivity contribution in [2.24, 2.45) is 0 Å². The summed E-state index contributed by atoms with van der Waals surface area (Å²) < 4.78 is 5.56. The molecule has 112 valence electrons. The van der Waals surface area contributed by atoms with Crippen molar-refractivity contribution >= 4 is 29.4 Å². The second-order valence-electron chi connectivity index (χ2n) is 4.98. The molecule has 0 spiro atoms. The van der Waals surface area contributed by atoms with Crippen LogP contribution in [0.4, 0.5) is 5.69 Å². The van der Waals surface area contributed by atoms with Crippen LogP contribution in [0.2, 0.25) is 0 Å². The van der Waals surface area contributed by atoms with E-state index in [2.05, 4.69) is 12.2 Å².